The lowest BCUT2D eigenvalue weighted by atomic mass is 10.00. The van der Waals surface area contributed by atoms with Crippen molar-refractivity contribution in [2.45, 2.75) is 38.8 Å². The van der Waals surface area contributed by atoms with E-state index in [4.69, 9.17) is 19.6 Å². The standard InChI is InChI=1S/C14H24N4O2/c1-2-18-13(11-17-5-9-20-10-6-17)15-14(16-18)12-3-7-19-8-4-12/h12H,2-11H2,1H3. The predicted molar refractivity (Wildman–Crippen MR) is 74.6 cm³/mol. The lowest BCUT2D eigenvalue weighted by Gasteiger charge is -2.25. The van der Waals surface area contributed by atoms with Crippen molar-refractivity contribution >= 4 is 0 Å². The highest BCUT2D eigenvalue weighted by molar-refractivity contribution is 5.01. The van der Waals surface area contributed by atoms with Gasteiger partial charge >= 0.3 is 0 Å². The molecule has 2 aliphatic rings. The molecule has 0 aliphatic carbocycles. The van der Waals surface area contributed by atoms with E-state index in [1.54, 1.807) is 0 Å². The Morgan fingerprint density at radius 3 is 2.50 bits per heavy atom. The van der Waals surface area contributed by atoms with Crippen molar-refractivity contribution in [3.63, 3.8) is 0 Å². The van der Waals surface area contributed by atoms with E-state index in [0.29, 0.717) is 5.92 Å². The molecule has 6 heteroatoms. The fourth-order valence-corrected chi connectivity index (χ4v) is 2.85. The highest BCUT2D eigenvalue weighted by Crippen LogP contribution is 2.24. The minimum atomic E-state index is 0.472. The molecule has 1 aromatic heterocycles. The van der Waals surface area contributed by atoms with Crippen molar-refractivity contribution in [1.29, 1.82) is 0 Å². The van der Waals surface area contributed by atoms with Crippen molar-refractivity contribution in [3.8, 4) is 0 Å². The SMILES string of the molecule is CCn1nc(C2CCOCC2)nc1CN1CCOCC1. The Bertz CT molecular complexity index is 423. The molecule has 0 unspecified atom stereocenters. The fourth-order valence-electron chi connectivity index (χ4n) is 2.85. The minimum Gasteiger partial charge on any atom is -0.381 e. The molecule has 6 nitrogen and oxygen atoms in total. The summed E-state index contributed by atoms with van der Waals surface area (Å²) in [5, 5.41) is 4.71. The third-order valence-electron chi connectivity index (χ3n) is 4.12. The van der Waals surface area contributed by atoms with Gasteiger partial charge in [0.15, 0.2) is 5.82 Å². The largest absolute Gasteiger partial charge is 0.381 e. The maximum Gasteiger partial charge on any atom is 0.154 e. The van der Waals surface area contributed by atoms with E-state index in [0.717, 1.165) is 77.1 Å². The van der Waals surface area contributed by atoms with Crippen LogP contribution in [-0.2, 0) is 22.6 Å². The Balaban J connectivity index is 1.70. The zero-order chi connectivity index (χ0) is 13.8. The van der Waals surface area contributed by atoms with E-state index in [1.807, 2.05) is 0 Å². The smallest absolute Gasteiger partial charge is 0.154 e. The zero-order valence-corrected chi connectivity index (χ0v) is 12.3. The van der Waals surface area contributed by atoms with Crippen LogP contribution in [0.2, 0.25) is 0 Å². The van der Waals surface area contributed by atoms with E-state index in [1.165, 1.54) is 0 Å². The number of nitrogens with zero attached hydrogens (tertiary/aromatic N) is 4. The molecule has 0 spiro atoms. The molecule has 3 heterocycles. The van der Waals surface area contributed by atoms with Crippen LogP contribution < -0.4 is 0 Å². The second-order valence-electron chi connectivity index (χ2n) is 5.48. The van der Waals surface area contributed by atoms with Gasteiger partial charge in [-0.25, -0.2) is 9.67 Å². The molecule has 2 aliphatic heterocycles. The van der Waals surface area contributed by atoms with Crippen molar-refractivity contribution in [3.05, 3.63) is 11.6 Å². The molecular formula is C14H24N4O2. The molecule has 0 saturated carbocycles. The third-order valence-corrected chi connectivity index (χ3v) is 4.12. The van der Waals surface area contributed by atoms with Gasteiger partial charge in [-0.15, -0.1) is 0 Å². The van der Waals surface area contributed by atoms with Gasteiger partial charge < -0.3 is 9.47 Å². The van der Waals surface area contributed by atoms with Crippen molar-refractivity contribution in [1.82, 2.24) is 19.7 Å². The Morgan fingerprint density at radius 2 is 1.80 bits per heavy atom. The third kappa shape index (κ3) is 3.19. The van der Waals surface area contributed by atoms with E-state index in [-0.39, 0.29) is 0 Å². The lowest BCUT2D eigenvalue weighted by molar-refractivity contribution is 0.0324. The van der Waals surface area contributed by atoms with Crippen LogP contribution in [-0.4, -0.2) is 59.2 Å². The Kier molecular flexibility index (Phi) is 4.65. The number of ether oxygens (including phenoxy) is 2. The van der Waals surface area contributed by atoms with Crippen LogP contribution in [0.25, 0.3) is 0 Å². The molecular weight excluding hydrogens is 256 g/mol. The van der Waals surface area contributed by atoms with Gasteiger partial charge in [-0.05, 0) is 19.8 Å². The van der Waals surface area contributed by atoms with Crippen LogP contribution in [0.1, 0.15) is 37.3 Å². The molecule has 0 atom stereocenters. The first kappa shape index (κ1) is 14.0. The molecule has 3 rings (SSSR count). The average Bonchev–Trinajstić information content (AvgIpc) is 2.92. The molecule has 0 aromatic carbocycles. The minimum absolute atomic E-state index is 0.472. The van der Waals surface area contributed by atoms with Gasteiger partial charge in [-0.3, -0.25) is 4.90 Å². The lowest BCUT2D eigenvalue weighted by Crippen LogP contribution is -2.36. The summed E-state index contributed by atoms with van der Waals surface area (Å²) in [5.41, 5.74) is 0. The summed E-state index contributed by atoms with van der Waals surface area (Å²) in [6, 6.07) is 0. The quantitative estimate of drug-likeness (QED) is 0.824. The second kappa shape index (κ2) is 6.65. The van der Waals surface area contributed by atoms with Crippen LogP contribution >= 0.6 is 0 Å². The number of hydrogen-bond acceptors (Lipinski definition) is 5. The molecule has 112 valence electrons. The molecule has 2 fully saturated rings. The van der Waals surface area contributed by atoms with Gasteiger partial charge in [0.1, 0.15) is 5.82 Å². The van der Waals surface area contributed by atoms with E-state index in [2.05, 4.69) is 16.5 Å². The van der Waals surface area contributed by atoms with Gasteiger partial charge in [-0.2, -0.15) is 5.10 Å². The van der Waals surface area contributed by atoms with Crippen LogP contribution in [0.5, 0.6) is 0 Å². The van der Waals surface area contributed by atoms with Crippen LogP contribution in [0.3, 0.4) is 0 Å². The Hall–Kier alpha value is -0.980. The normalized spacial score (nSPS) is 22.2. The highest BCUT2D eigenvalue weighted by atomic mass is 16.5. The maximum atomic E-state index is 5.42. The number of morpholine rings is 1. The topological polar surface area (TPSA) is 52.4 Å². The number of aromatic nitrogens is 3. The molecule has 1 aromatic rings. The van der Waals surface area contributed by atoms with Crippen molar-refractivity contribution in [2.75, 3.05) is 39.5 Å². The Morgan fingerprint density at radius 1 is 1.10 bits per heavy atom. The van der Waals surface area contributed by atoms with Gasteiger partial charge in [0.25, 0.3) is 0 Å². The zero-order valence-electron chi connectivity index (χ0n) is 12.3. The maximum absolute atomic E-state index is 5.42. The molecule has 0 radical (unpaired) electrons. The summed E-state index contributed by atoms with van der Waals surface area (Å²) in [7, 11) is 0. The van der Waals surface area contributed by atoms with Gasteiger partial charge in [0.05, 0.1) is 19.8 Å². The van der Waals surface area contributed by atoms with Gasteiger partial charge in [-0.1, -0.05) is 0 Å². The number of aryl methyl sites for hydroxylation is 1. The van der Waals surface area contributed by atoms with E-state index >= 15 is 0 Å². The molecule has 20 heavy (non-hydrogen) atoms. The van der Waals surface area contributed by atoms with Crippen LogP contribution in [0, 0.1) is 0 Å². The van der Waals surface area contributed by atoms with Crippen LogP contribution in [0.15, 0.2) is 0 Å². The van der Waals surface area contributed by atoms with Gasteiger partial charge in [0, 0.05) is 38.8 Å². The average molecular weight is 280 g/mol. The molecule has 0 N–H and O–H groups in total. The first-order chi connectivity index (χ1) is 9.86. The van der Waals surface area contributed by atoms with E-state index in [9.17, 15) is 0 Å². The number of rotatable bonds is 4. The summed E-state index contributed by atoms with van der Waals surface area (Å²) in [6.07, 6.45) is 2.09. The monoisotopic (exact) mass is 280 g/mol. The summed E-state index contributed by atoms with van der Waals surface area (Å²) in [6.45, 7) is 9.20. The molecule has 2 saturated heterocycles. The first-order valence-corrected chi connectivity index (χ1v) is 7.68. The summed E-state index contributed by atoms with van der Waals surface area (Å²) in [5.74, 6) is 2.58. The highest BCUT2D eigenvalue weighted by Gasteiger charge is 2.22. The van der Waals surface area contributed by atoms with Crippen LogP contribution in [0.4, 0.5) is 0 Å². The molecule has 0 bridgehead atoms. The Labute approximate surface area is 120 Å². The summed E-state index contributed by atoms with van der Waals surface area (Å²) < 4.78 is 12.9. The summed E-state index contributed by atoms with van der Waals surface area (Å²) in [4.78, 5) is 7.21. The molecule has 0 amide bonds. The van der Waals surface area contributed by atoms with Crippen molar-refractivity contribution in [2.24, 2.45) is 0 Å². The van der Waals surface area contributed by atoms with Gasteiger partial charge in [0.2, 0.25) is 0 Å². The van der Waals surface area contributed by atoms with E-state index < -0.39 is 0 Å². The summed E-state index contributed by atoms with van der Waals surface area (Å²) >= 11 is 0. The fraction of sp³-hybridized carbons (Fsp3) is 0.857. The predicted octanol–water partition coefficient (Wildman–Crippen LogP) is 1.02. The second-order valence-corrected chi connectivity index (χ2v) is 5.48. The number of hydrogen-bond donors (Lipinski definition) is 0. The first-order valence-electron chi connectivity index (χ1n) is 7.68. The van der Waals surface area contributed by atoms with Crippen molar-refractivity contribution < 1.29 is 9.47 Å².